The van der Waals surface area contributed by atoms with Crippen molar-refractivity contribution in [2.75, 3.05) is 37.9 Å². The lowest BCUT2D eigenvalue weighted by atomic mass is 10.2. The number of carbonyl (C=O) groups is 1. The second kappa shape index (κ2) is 10.2. The fourth-order valence-electron chi connectivity index (χ4n) is 4.18. The summed E-state index contributed by atoms with van der Waals surface area (Å²) in [6, 6.07) is 9.54. The molecule has 1 aliphatic rings. The quantitative estimate of drug-likeness (QED) is 0.349. The van der Waals surface area contributed by atoms with Crippen LogP contribution in [0.15, 0.2) is 61.4 Å². The van der Waals surface area contributed by atoms with Gasteiger partial charge in [0.05, 0.1) is 30.9 Å². The van der Waals surface area contributed by atoms with Crippen LogP contribution in [0, 0.1) is 5.82 Å². The Bertz CT molecular complexity index is 1470. The van der Waals surface area contributed by atoms with Gasteiger partial charge < -0.3 is 25.0 Å². The highest BCUT2D eigenvalue weighted by molar-refractivity contribution is 6.00. The van der Waals surface area contributed by atoms with E-state index in [4.69, 9.17) is 9.47 Å². The Morgan fingerprint density at radius 3 is 2.76 bits per heavy atom. The Morgan fingerprint density at radius 2 is 2.03 bits per heavy atom. The monoisotopic (exact) mass is 503 g/mol. The standard InChI is InChI=1S/C26H26FN7O3/c1-4-24(35)30-21-11-20(22(36-3)12-23(21)37-19-8-9-33(2)15-19)31-26-29-14-18-13-28-25(34(18)32-26)16-6-5-7-17(27)10-16/h4-7,10-14,19H,1,8-9,15H2,2-3H3,(H,30,35)(H,31,32). The van der Waals surface area contributed by atoms with Gasteiger partial charge in [-0.2, -0.15) is 0 Å². The number of methoxy groups -OCH3 is 1. The van der Waals surface area contributed by atoms with Crippen LogP contribution in [0.1, 0.15) is 6.42 Å². The molecule has 0 aliphatic carbocycles. The molecule has 0 radical (unpaired) electrons. The third-order valence-electron chi connectivity index (χ3n) is 5.99. The number of hydrogen-bond donors (Lipinski definition) is 2. The third-order valence-corrected chi connectivity index (χ3v) is 5.99. The Balaban J connectivity index is 1.50. The Labute approximate surface area is 212 Å². The number of imidazole rings is 1. The highest BCUT2D eigenvalue weighted by Gasteiger charge is 2.24. The van der Waals surface area contributed by atoms with Crippen LogP contribution in [0.3, 0.4) is 0 Å². The number of fused-ring (bicyclic) bond motifs is 1. The van der Waals surface area contributed by atoms with Crippen LogP contribution in [0.2, 0.25) is 0 Å². The van der Waals surface area contributed by atoms with Crippen molar-refractivity contribution < 1.29 is 18.7 Å². The largest absolute Gasteiger partial charge is 0.494 e. The van der Waals surface area contributed by atoms with Gasteiger partial charge in [-0.1, -0.05) is 18.7 Å². The number of benzene rings is 2. The molecule has 2 aromatic heterocycles. The number of likely N-dealkylation sites (N-methyl/N-ethyl adjacent to an activating group) is 1. The number of nitrogens with one attached hydrogen (secondary N) is 2. The summed E-state index contributed by atoms with van der Waals surface area (Å²) >= 11 is 0. The number of halogens is 1. The Kier molecular flexibility index (Phi) is 6.69. The summed E-state index contributed by atoms with van der Waals surface area (Å²) in [7, 11) is 3.58. The minimum absolute atomic E-state index is 0.0128. The predicted octanol–water partition coefficient (Wildman–Crippen LogP) is 3.89. The number of nitrogens with zero attached hydrogens (tertiary/aromatic N) is 5. The molecule has 4 aromatic rings. The summed E-state index contributed by atoms with van der Waals surface area (Å²) in [6.45, 7) is 5.25. The highest BCUT2D eigenvalue weighted by Crippen LogP contribution is 2.38. The van der Waals surface area contributed by atoms with E-state index in [9.17, 15) is 9.18 Å². The van der Waals surface area contributed by atoms with Crippen molar-refractivity contribution >= 4 is 28.7 Å². The van der Waals surface area contributed by atoms with Crippen molar-refractivity contribution in [1.29, 1.82) is 0 Å². The molecule has 1 saturated heterocycles. The first-order chi connectivity index (χ1) is 17.9. The van der Waals surface area contributed by atoms with Crippen molar-refractivity contribution in [2.45, 2.75) is 12.5 Å². The molecule has 0 bridgehead atoms. The molecule has 5 rings (SSSR count). The van der Waals surface area contributed by atoms with Gasteiger partial charge in [0.1, 0.15) is 28.9 Å². The van der Waals surface area contributed by atoms with Crippen molar-refractivity contribution in [3.8, 4) is 22.9 Å². The average Bonchev–Trinajstić information content (AvgIpc) is 3.50. The normalized spacial score (nSPS) is 15.5. The summed E-state index contributed by atoms with van der Waals surface area (Å²) in [5.41, 5.74) is 2.17. The molecule has 1 atom stereocenters. The fraction of sp³-hybridized carbons (Fsp3) is 0.231. The first-order valence-electron chi connectivity index (χ1n) is 11.7. The highest BCUT2D eigenvalue weighted by atomic mass is 19.1. The molecule has 37 heavy (non-hydrogen) atoms. The lowest BCUT2D eigenvalue weighted by Crippen LogP contribution is -2.22. The molecule has 190 valence electrons. The topological polar surface area (TPSA) is 106 Å². The first-order valence-corrected chi connectivity index (χ1v) is 11.7. The molecule has 0 saturated carbocycles. The molecule has 1 fully saturated rings. The number of anilines is 3. The van der Waals surface area contributed by atoms with Crippen LogP contribution in [0.25, 0.3) is 16.9 Å². The van der Waals surface area contributed by atoms with Crippen LogP contribution in [-0.2, 0) is 4.79 Å². The van der Waals surface area contributed by atoms with Gasteiger partial charge >= 0.3 is 0 Å². The summed E-state index contributed by atoms with van der Waals surface area (Å²) in [5, 5.41) is 10.5. The molecular weight excluding hydrogens is 477 g/mol. The molecule has 11 heteroatoms. The third kappa shape index (κ3) is 5.21. The second-order valence-corrected chi connectivity index (χ2v) is 8.67. The maximum atomic E-state index is 13.8. The number of ether oxygens (including phenoxy) is 2. The van der Waals surface area contributed by atoms with Crippen molar-refractivity contribution in [3.63, 3.8) is 0 Å². The zero-order valence-corrected chi connectivity index (χ0v) is 20.4. The van der Waals surface area contributed by atoms with E-state index in [1.54, 1.807) is 41.2 Å². The van der Waals surface area contributed by atoms with Gasteiger partial charge in [0, 0.05) is 24.7 Å². The van der Waals surface area contributed by atoms with Crippen LogP contribution >= 0.6 is 0 Å². The smallest absolute Gasteiger partial charge is 0.247 e. The van der Waals surface area contributed by atoms with Crippen molar-refractivity contribution in [3.05, 3.63) is 67.3 Å². The van der Waals surface area contributed by atoms with Gasteiger partial charge in [0.2, 0.25) is 11.9 Å². The molecule has 10 nitrogen and oxygen atoms in total. The number of aromatic nitrogens is 4. The van der Waals surface area contributed by atoms with Gasteiger partial charge in [-0.15, -0.1) is 5.10 Å². The Morgan fingerprint density at radius 1 is 1.19 bits per heavy atom. The zero-order valence-electron chi connectivity index (χ0n) is 20.4. The van der Waals surface area contributed by atoms with E-state index < -0.39 is 0 Å². The molecule has 0 spiro atoms. The molecule has 1 unspecified atom stereocenters. The number of hydrogen-bond acceptors (Lipinski definition) is 8. The summed E-state index contributed by atoms with van der Waals surface area (Å²) < 4.78 is 27.2. The van der Waals surface area contributed by atoms with Gasteiger partial charge in [-0.05, 0) is 37.7 Å². The van der Waals surface area contributed by atoms with E-state index in [1.165, 1.54) is 25.3 Å². The Hall–Kier alpha value is -4.51. The van der Waals surface area contributed by atoms with E-state index in [0.29, 0.717) is 39.8 Å². The zero-order chi connectivity index (χ0) is 25.9. The maximum absolute atomic E-state index is 13.8. The second-order valence-electron chi connectivity index (χ2n) is 8.67. The van der Waals surface area contributed by atoms with Gasteiger partial charge in [0.15, 0.2) is 5.82 Å². The SMILES string of the molecule is C=CC(=O)Nc1cc(Nc2ncc3cnc(-c4cccc(F)c4)n3n2)c(OC)cc1OC1CCN(C)C1. The number of likely N-dealkylation sites (tertiary alicyclic amines) is 1. The summed E-state index contributed by atoms with van der Waals surface area (Å²) in [6.07, 6.45) is 5.27. The van der Waals surface area contributed by atoms with Crippen LogP contribution in [-0.4, -0.2) is 63.7 Å². The summed E-state index contributed by atoms with van der Waals surface area (Å²) in [5.74, 6) is 0.923. The minimum atomic E-state index is -0.375. The van der Waals surface area contributed by atoms with E-state index in [2.05, 4.69) is 37.2 Å². The van der Waals surface area contributed by atoms with Gasteiger partial charge in [-0.25, -0.2) is 18.9 Å². The first kappa shape index (κ1) is 24.2. The van der Waals surface area contributed by atoms with Crippen LogP contribution in [0.4, 0.5) is 21.7 Å². The van der Waals surface area contributed by atoms with E-state index in [-0.39, 0.29) is 23.8 Å². The van der Waals surface area contributed by atoms with Crippen molar-refractivity contribution in [2.24, 2.45) is 0 Å². The van der Waals surface area contributed by atoms with Crippen LogP contribution < -0.4 is 20.1 Å². The molecule has 3 heterocycles. The predicted molar refractivity (Wildman–Crippen MR) is 138 cm³/mol. The minimum Gasteiger partial charge on any atom is -0.494 e. The van der Waals surface area contributed by atoms with Crippen molar-refractivity contribution in [1.82, 2.24) is 24.5 Å². The average molecular weight is 504 g/mol. The fourth-order valence-corrected chi connectivity index (χ4v) is 4.18. The van der Waals surface area contributed by atoms with E-state index in [0.717, 1.165) is 19.5 Å². The molecule has 2 N–H and O–H groups in total. The number of rotatable bonds is 8. The lowest BCUT2D eigenvalue weighted by Gasteiger charge is -2.20. The van der Waals surface area contributed by atoms with E-state index in [1.807, 2.05) is 7.05 Å². The molecule has 1 amide bonds. The number of amides is 1. The maximum Gasteiger partial charge on any atom is 0.247 e. The molecular formula is C26H26FN7O3. The van der Waals surface area contributed by atoms with Gasteiger partial charge in [-0.3, -0.25) is 4.79 Å². The molecule has 1 aliphatic heterocycles. The summed E-state index contributed by atoms with van der Waals surface area (Å²) in [4.78, 5) is 23.1. The van der Waals surface area contributed by atoms with Gasteiger partial charge in [0.25, 0.3) is 0 Å². The number of carbonyl (C=O) groups excluding carboxylic acids is 1. The lowest BCUT2D eigenvalue weighted by molar-refractivity contribution is -0.111. The van der Waals surface area contributed by atoms with E-state index >= 15 is 0 Å². The van der Waals surface area contributed by atoms with Crippen LogP contribution in [0.5, 0.6) is 11.5 Å². The molecule has 2 aromatic carbocycles.